The van der Waals surface area contributed by atoms with E-state index in [4.69, 9.17) is 14.6 Å². The van der Waals surface area contributed by atoms with Gasteiger partial charge in [-0.3, -0.25) is 9.59 Å². The average molecular weight is 412 g/mol. The Morgan fingerprint density at radius 3 is 2.33 bits per heavy atom. The molecule has 8 heteroatoms. The number of nitrogens with one attached hydrogen (secondary N) is 1. The van der Waals surface area contributed by atoms with Crippen molar-refractivity contribution in [2.75, 3.05) is 24.7 Å². The summed E-state index contributed by atoms with van der Waals surface area (Å²) in [6.45, 7) is 2.76. The van der Waals surface area contributed by atoms with Crippen LogP contribution in [0.4, 0.5) is 5.69 Å². The van der Waals surface area contributed by atoms with Gasteiger partial charge >= 0.3 is 5.97 Å². The molecule has 3 rings (SSSR count). The van der Waals surface area contributed by atoms with Crippen molar-refractivity contribution in [1.82, 2.24) is 5.32 Å². The molecule has 1 aliphatic rings. The Bertz CT molecular complexity index is 895. The fourth-order valence-corrected chi connectivity index (χ4v) is 3.20. The number of amides is 2. The molecule has 0 bridgehead atoms. The third kappa shape index (κ3) is 5.50. The molecule has 0 spiro atoms. The molecule has 0 radical (unpaired) electrons. The van der Waals surface area contributed by atoms with E-state index in [1.54, 1.807) is 29.2 Å². The molecule has 1 saturated heterocycles. The third-order valence-electron chi connectivity index (χ3n) is 4.71. The summed E-state index contributed by atoms with van der Waals surface area (Å²) in [4.78, 5) is 37.0. The van der Waals surface area contributed by atoms with Crippen LogP contribution in [0.1, 0.15) is 18.9 Å². The minimum Gasteiger partial charge on any atom is -0.494 e. The third-order valence-corrected chi connectivity index (χ3v) is 4.71. The second-order valence-corrected chi connectivity index (χ2v) is 6.88. The number of carboxylic acid groups (broad SMARTS) is 1. The van der Waals surface area contributed by atoms with Crippen molar-refractivity contribution < 1.29 is 29.0 Å². The van der Waals surface area contributed by atoms with Crippen LogP contribution in [0.15, 0.2) is 48.5 Å². The van der Waals surface area contributed by atoms with E-state index in [9.17, 15) is 14.4 Å². The zero-order valence-corrected chi connectivity index (χ0v) is 16.7. The minimum absolute atomic E-state index is 0.129. The van der Waals surface area contributed by atoms with Gasteiger partial charge in [-0.1, -0.05) is 12.1 Å². The number of carboxylic acids is 1. The molecule has 0 unspecified atom stereocenters. The molecule has 8 nitrogen and oxygen atoms in total. The topological polar surface area (TPSA) is 105 Å². The number of anilines is 1. The highest BCUT2D eigenvalue weighted by Gasteiger charge is 2.35. The molecule has 2 N–H and O–H groups in total. The average Bonchev–Trinajstić information content (AvgIpc) is 3.14. The lowest BCUT2D eigenvalue weighted by atomic mass is 10.1. The predicted molar refractivity (Wildman–Crippen MR) is 109 cm³/mol. The summed E-state index contributed by atoms with van der Waals surface area (Å²) in [5.41, 5.74) is 1.59. The van der Waals surface area contributed by atoms with Gasteiger partial charge in [0.25, 0.3) is 0 Å². The summed E-state index contributed by atoms with van der Waals surface area (Å²) >= 11 is 0. The van der Waals surface area contributed by atoms with Gasteiger partial charge < -0.3 is 24.8 Å². The first kappa shape index (κ1) is 21.2. The van der Waals surface area contributed by atoms with E-state index in [0.29, 0.717) is 31.1 Å². The molecule has 0 saturated carbocycles. The zero-order chi connectivity index (χ0) is 21.5. The molecule has 2 amide bonds. The van der Waals surface area contributed by atoms with E-state index in [-0.39, 0.29) is 18.2 Å². The number of carbonyl (C=O) groups is 3. The van der Waals surface area contributed by atoms with Gasteiger partial charge in [0.1, 0.15) is 11.5 Å². The second-order valence-electron chi connectivity index (χ2n) is 6.88. The lowest BCUT2D eigenvalue weighted by Gasteiger charge is -2.17. The minimum atomic E-state index is -1.06. The molecule has 2 aromatic carbocycles. The Hall–Kier alpha value is -3.55. The fourth-order valence-electron chi connectivity index (χ4n) is 3.20. The van der Waals surface area contributed by atoms with Gasteiger partial charge in [-0.15, -0.1) is 0 Å². The van der Waals surface area contributed by atoms with Crippen LogP contribution in [-0.4, -0.2) is 42.6 Å². The fraction of sp³-hybridized carbons (Fsp3) is 0.318. The summed E-state index contributed by atoms with van der Waals surface area (Å²) < 4.78 is 10.5. The van der Waals surface area contributed by atoms with Crippen molar-refractivity contribution in [2.45, 2.75) is 19.9 Å². The van der Waals surface area contributed by atoms with Crippen LogP contribution in [0.2, 0.25) is 0 Å². The van der Waals surface area contributed by atoms with Gasteiger partial charge in [0.05, 0.1) is 12.5 Å². The lowest BCUT2D eigenvalue weighted by Crippen LogP contribution is -2.32. The molecule has 2 aromatic rings. The van der Waals surface area contributed by atoms with Crippen LogP contribution in [0.3, 0.4) is 0 Å². The van der Waals surface area contributed by atoms with Crippen LogP contribution in [0, 0.1) is 5.92 Å². The van der Waals surface area contributed by atoms with Crippen molar-refractivity contribution in [3.8, 4) is 11.5 Å². The Labute approximate surface area is 174 Å². The molecule has 158 valence electrons. The maximum Gasteiger partial charge on any atom is 0.341 e. The Morgan fingerprint density at radius 1 is 1.07 bits per heavy atom. The van der Waals surface area contributed by atoms with Gasteiger partial charge in [0.2, 0.25) is 11.8 Å². The number of hydrogen-bond acceptors (Lipinski definition) is 5. The highest BCUT2D eigenvalue weighted by Crippen LogP contribution is 2.27. The van der Waals surface area contributed by atoms with Crippen molar-refractivity contribution in [3.05, 3.63) is 54.1 Å². The van der Waals surface area contributed by atoms with Crippen LogP contribution < -0.4 is 19.7 Å². The van der Waals surface area contributed by atoms with Gasteiger partial charge in [0.15, 0.2) is 6.61 Å². The highest BCUT2D eigenvalue weighted by atomic mass is 16.5. The normalized spacial score (nSPS) is 15.7. The second kappa shape index (κ2) is 9.78. The van der Waals surface area contributed by atoms with Crippen molar-refractivity contribution in [3.63, 3.8) is 0 Å². The molecule has 1 atom stereocenters. The zero-order valence-electron chi connectivity index (χ0n) is 16.7. The predicted octanol–water partition coefficient (Wildman–Crippen LogP) is 2.22. The molecule has 30 heavy (non-hydrogen) atoms. The van der Waals surface area contributed by atoms with E-state index < -0.39 is 18.5 Å². The smallest absolute Gasteiger partial charge is 0.341 e. The SMILES string of the molecule is CCOc1ccc(CNC(=O)[C@H]2CC(=O)N(c3ccc(OCC(=O)O)cc3)C2)cc1. The Morgan fingerprint density at radius 2 is 1.70 bits per heavy atom. The number of hydrogen-bond donors (Lipinski definition) is 2. The van der Waals surface area contributed by atoms with Crippen LogP contribution in [0.5, 0.6) is 11.5 Å². The first-order valence-electron chi connectivity index (χ1n) is 9.70. The van der Waals surface area contributed by atoms with E-state index in [1.165, 1.54) is 0 Å². The summed E-state index contributed by atoms with van der Waals surface area (Å²) in [7, 11) is 0. The highest BCUT2D eigenvalue weighted by molar-refractivity contribution is 6.00. The number of aliphatic carboxylic acids is 1. The molecule has 1 fully saturated rings. The van der Waals surface area contributed by atoms with E-state index in [2.05, 4.69) is 5.32 Å². The number of benzene rings is 2. The van der Waals surface area contributed by atoms with Crippen LogP contribution in [0.25, 0.3) is 0 Å². The Kier molecular flexibility index (Phi) is 6.90. The largest absolute Gasteiger partial charge is 0.494 e. The Balaban J connectivity index is 1.53. The van der Waals surface area contributed by atoms with E-state index in [1.807, 2.05) is 31.2 Å². The van der Waals surface area contributed by atoms with Gasteiger partial charge in [0, 0.05) is 25.2 Å². The first-order valence-corrected chi connectivity index (χ1v) is 9.70. The molecule has 1 heterocycles. The molecular formula is C22H24N2O6. The summed E-state index contributed by atoms with van der Waals surface area (Å²) in [6.07, 6.45) is 0.145. The maximum absolute atomic E-state index is 12.5. The van der Waals surface area contributed by atoms with Gasteiger partial charge in [-0.25, -0.2) is 4.79 Å². The van der Waals surface area contributed by atoms with E-state index in [0.717, 1.165) is 11.3 Å². The maximum atomic E-state index is 12.5. The number of nitrogens with zero attached hydrogens (tertiary/aromatic N) is 1. The quantitative estimate of drug-likeness (QED) is 0.654. The molecule has 1 aliphatic heterocycles. The summed E-state index contributed by atoms with van der Waals surface area (Å²) in [5, 5.41) is 11.5. The molecule has 0 aliphatic carbocycles. The molecular weight excluding hydrogens is 388 g/mol. The number of rotatable bonds is 9. The first-order chi connectivity index (χ1) is 14.5. The van der Waals surface area contributed by atoms with Crippen LogP contribution >= 0.6 is 0 Å². The summed E-state index contributed by atoms with van der Waals surface area (Å²) in [5.74, 6) is -0.603. The number of carbonyl (C=O) groups excluding carboxylic acids is 2. The standard InChI is InChI=1S/C22H24N2O6/c1-2-29-18-7-3-15(4-8-18)12-23-22(28)16-11-20(25)24(13-16)17-5-9-19(10-6-17)30-14-21(26)27/h3-10,16H,2,11-14H2,1H3,(H,23,28)(H,26,27)/t16-/m0/s1. The lowest BCUT2D eigenvalue weighted by molar-refractivity contribution is -0.139. The monoisotopic (exact) mass is 412 g/mol. The summed E-state index contributed by atoms with van der Waals surface area (Å²) in [6, 6.07) is 14.1. The van der Waals surface area contributed by atoms with Crippen molar-refractivity contribution in [2.24, 2.45) is 5.92 Å². The van der Waals surface area contributed by atoms with E-state index >= 15 is 0 Å². The van der Waals surface area contributed by atoms with Gasteiger partial charge in [-0.2, -0.15) is 0 Å². The van der Waals surface area contributed by atoms with Crippen molar-refractivity contribution >= 4 is 23.5 Å². The van der Waals surface area contributed by atoms with Crippen LogP contribution in [-0.2, 0) is 20.9 Å². The molecule has 0 aromatic heterocycles. The number of ether oxygens (including phenoxy) is 2. The van der Waals surface area contributed by atoms with Gasteiger partial charge in [-0.05, 0) is 48.9 Å². The van der Waals surface area contributed by atoms with Crippen molar-refractivity contribution in [1.29, 1.82) is 0 Å².